The lowest BCUT2D eigenvalue weighted by molar-refractivity contribution is -0.394. The lowest BCUT2D eigenvalue weighted by Crippen LogP contribution is -2.16. The largest absolute Gasteiger partial charge is 0.329 e. The van der Waals surface area contributed by atoms with Crippen molar-refractivity contribution in [3.8, 4) is 0 Å². The molecular weight excluding hydrogens is 290 g/mol. The number of rotatable bonds is 3. The van der Waals surface area contributed by atoms with Gasteiger partial charge in [-0.1, -0.05) is 19.3 Å². The highest BCUT2D eigenvalue weighted by molar-refractivity contribution is 5.97. The van der Waals surface area contributed by atoms with Gasteiger partial charge in [0.25, 0.3) is 17.3 Å². The highest BCUT2D eigenvalue weighted by Crippen LogP contribution is 2.40. The molecule has 1 aliphatic heterocycles. The van der Waals surface area contributed by atoms with Gasteiger partial charge in [-0.05, 0) is 12.8 Å². The van der Waals surface area contributed by atoms with Crippen LogP contribution in [0, 0.1) is 20.2 Å². The summed E-state index contributed by atoms with van der Waals surface area (Å²) in [5.41, 5.74) is -0.840. The van der Waals surface area contributed by atoms with E-state index in [9.17, 15) is 25.0 Å². The van der Waals surface area contributed by atoms with Gasteiger partial charge in [-0.25, -0.2) is 0 Å². The number of nitro groups is 2. The maximum absolute atomic E-state index is 12.5. The summed E-state index contributed by atoms with van der Waals surface area (Å²) in [6.07, 6.45) is 5.18. The van der Waals surface area contributed by atoms with Crippen LogP contribution < -0.4 is 0 Å². The molecule has 116 valence electrons. The van der Waals surface area contributed by atoms with Crippen molar-refractivity contribution in [3.63, 3.8) is 0 Å². The molecule has 2 aliphatic rings. The molecule has 1 saturated heterocycles. The van der Waals surface area contributed by atoms with E-state index < -0.39 is 21.2 Å². The molecular formula is C14H15N3O5. The van der Waals surface area contributed by atoms with Gasteiger partial charge < -0.3 is 4.90 Å². The summed E-state index contributed by atoms with van der Waals surface area (Å²) in [6.45, 7) is 0. The molecule has 2 fully saturated rings. The molecule has 1 heterocycles. The number of likely N-dealkylation sites (tertiary alicyclic amines) is 1. The van der Waals surface area contributed by atoms with Gasteiger partial charge in [0.15, 0.2) is 0 Å². The first-order valence-corrected chi connectivity index (χ1v) is 7.25. The van der Waals surface area contributed by atoms with E-state index in [1.165, 1.54) is 0 Å². The molecule has 0 bridgehead atoms. The van der Waals surface area contributed by atoms with Gasteiger partial charge >= 0.3 is 0 Å². The molecule has 0 aromatic heterocycles. The van der Waals surface area contributed by atoms with Crippen molar-refractivity contribution >= 4 is 17.3 Å². The van der Waals surface area contributed by atoms with Crippen LogP contribution in [0.25, 0.3) is 0 Å². The van der Waals surface area contributed by atoms with Crippen LogP contribution in [0.5, 0.6) is 0 Å². The average molecular weight is 305 g/mol. The van der Waals surface area contributed by atoms with Gasteiger partial charge in [-0.15, -0.1) is 0 Å². The van der Waals surface area contributed by atoms with Crippen molar-refractivity contribution in [2.45, 2.75) is 44.2 Å². The van der Waals surface area contributed by atoms with E-state index in [0.29, 0.717) is 0 Å². The summed E-state index contributed by atoms with van der Waals surface area (Å²) in [4.78, 5) is 34.6. The predicted molar refractivity (Wildman–Crippen MR) is 76.6 cm³/mol. The standard InChI is InChI=1S/C14H15N3O5/c18-14(15-12-4-2-1-3-5-13(12)15)9-6-10(16(19)20)8-11(7-9)17(21)22/h6-8,12-13H,1-5H2/t12-,13+,15?. The Morgan fingerprint density at radius 3 is 1.91 bits per heavy atom. The lowest BCUT2D eigenvalue weighted by Gasteiger charge is -2.07. The number of hydrogen-bond donors (Lipinski definition) is 0. The molecule has 0 radical (unpaired) electrons. The summed E-state index contributed by atoms with van der Waals surface area (Å²) in [7, 11) is 0. The molecule has 1 aliphatic carbocycles. The minimum absolute atomic E-state index is 0.0222. The maximum atomic E-state index is 12.5. The van der Waals surface area contributed by atoms with Crippen LogP contribution in [0.1, 0.15) is 42.5 Å². The maximum Gasteiger partial charge on any atom is 0.277 e. The molecule has 1 aromatic rings. The van der Waals surface area contributed by atoms with Gasteiger partial charge in [0.1, 0.15) is 0 Å². The van der Waals surface area contributed by atoms with Crippen molar-refractivity contribution in [2.24, 2.45) is 0 Å². The smallest absolute Gasteiger partial charge is 0.277 e. The summed E-state index contributed by atoms with van der Waals surface area (Å²) < 4.78 is 0. The number of fused-ring (bicyclic) bond motifs is 1. The van der Waals surface area contributed by atoms with E-state index >= 15 is 0 Å². The summed E-state index contributed by atoms with van der Waals surface area (Å²) >= 11 is 0. The van der Waals surface area contributed by atoms with Crippen LogP contribution in [0.4, 0.5) is 11.4 Å². The normalized spacial score (nSPS) is 23.4. The Hall–Kier alpha value is -2.51. The van der Waals surface area contributed by atoms with Crippen LogP contribution in [-0.2, 0) is 0 Å². The Balaban J connectivity index is 1.89. The van der Waals surface area contributed by atoms with Crippen LogP contribution in [0.3, 0.4) is 0 Å². The minimum atomic E-state index is -0.718. The number of non-ortho nitro benzene ring substituents is 2. The zero-order valence-corrected chi connectivity index (χ0v) is 11.8. The van der Waals surface area contributed by atoms with Gasteiger partial charge in [-0.2, -0.15) is 0 Å². The third-order valence-corrected chi connectivity index (χ3v) is 4.37. The second-order valence-corrected chi connectivity index (χ2v) is 5.74. The van der Waals surface area contributed by atoms with E-state index in [2.05, 4.69) is 0 Å². The first kappa shape index (κ1) is 14.4. The zero-order valence-electron chi connectivity index (χ0n) is 11.8. The van der Waals surface area contributed by atoms with E-state index in [1.54, 1.807) is 4.90 Å². The SMILES string of the molecule is O=C(c1cc([N+](=O)[O-])cc([N+](=O)[O-])c1)N1[C@@H]2CCCCC[C@@H]21. The molecule has 22 heavy (non-hydrogen) atoms. The topological polar surface area (TPSA) is 106 Å². The third-order valence-electron chi connectivity index (χ3n) is 4.37. The average Bonchev–Trinajstić information content (AvgIpc) is 3.21. The fourth-order valence-electron chi connectivity index (χ4n) is 3.26. The highest BCUT2D eigenvalue weighted by atomic mass is 16.6. The van der Waals surface area contributed by atoms with Crippen LogP contribution in [0.2, 0.25) is 0 Å². The number of amides is 1. The Labute approximate surface area is 126 Å². The second kappa shape index (κ2) is 5.36. The predicted octanol–water partition coefficient (Wildman–Crippen LogP) is 2.66. The van der Waals surface area contributed by atoms with Gasteiger partial charge in [0.2, 0.25) is 0 Å². The molecule has 1 saturated carbocycles. The van der Waals surface area contributed by atoms with Gasteiger partial charge in [0.05, 0.1) is 33.6 Å². The van der Waals surface area contributed by atoms with E-state index in [1.807, 2.05) is 0 Å². The Bertz CT molecular complexity index is 616. The summed E-state index contributed by atoms with van der Waals surface area (Å²) in [5, 5.41) is 21.8. The van der Waals surface area contributed by atoms with Crippen molar-refractivity contribution in [3.05, 3.63) is 44.0 Å². The summed E-state index contributed by atoms with van der Waals surface area (Å²) in [6, 6.07) is 3.49. The Morgan fingerprint density at radius 1 is 0.955 bits per heavy atom. The van der Waals surface area contributed by atoms with Crippen molar-refractivity contribution < 1.29 is 14.6 Å². The number of benzene rings is 1. The summed E-state index contributed by atoms with van der Waals surface area (Å²) in [5.74, 6) is -0.344. The van der Waals surface area contributed by atoms with Gasteiger partial charge in [0, 0.05) is 12.1 Å². The second-order valence-electron chi connectivity index (χ2n) is 5.74. The third kappa shape index (κ3) is 2.51. The lowest BCUT2D eigenvalue weighted by atomic mass is 10.1. The number of carbonyl (C=O) groups is 1. The van der Waals surface area contributed by atoms with Crippen molar-refractivity contribution in [1.29, 1.82) is 0 Å². The number of carbonyl (C=O) groups excluding carboxylic acids is 1. The number of hydrogen-bond acceptors (Lipinski definition) is 5. The molecule has 0 spiro atoms. The molecule has 8 heteroatoms. The van der Waals surface area contributed by atoms with Crippen LogP contribution in [0.15, 0.2) is 18.2 Å². The Kier molecular flexibility index (Phi) is 3.51. The van der Waals surface area contributed by atoms with Crippen molar-refractivity contribution in [2.75, 3.05) is 0 Å². The van der Waals surface area contributed by atoms with Crippen LogP contribution >= 0.6 is 0 Å². The molecule has 1 amide bonds. The van der Waals surface area contributed by atoms with Crippen LogP contribution in [-0.4, -0.2) is 32.7 Å². The van der Waals surface area contributed by atoms with Crippen molar-refractivity contribution in [1.82, 2.24) is 4.90 Å². The Morgan fingerprint density at radius 2 is 1.45 bits per heavy atom. The monoisotopic (exact) mass is 305 g/mol. The van der Waals surface area contributed by atoms with E-state index in [4.69, 9.17) is 0 Å². The van der Waals surface area contributed by atoms with Gasteiger partial charge in [-0.3, -0.25) is 25.0 Å². The van der Waals surface area contributed by atoms with E-state index in [0.717, 1.165) is 50.3 Å². The fraction of sp³-hybridized carbons (Fsp3) is 0.500. The highest BCUT2D eigenvalue weighted by Gasteiger charge is 2.50. The first-order valence-electron chi connectivity index (χ1n) is 7.25. The quantitative estimate of drug-likeness (QED) is 0.484. The minimum Gasteiger partial charge on any atom is -0.329 e. The number of nitro benzene ring substituents is 2. The molecule has 1 aromatic carbocycles. The molecule has 8 nitrogen and oxygen atoms in total. The molecule has 2 atom stereocenters. The number of nitrogens with zero attached hydrogens (tertiary/aromatic N) is 3. The first-order chi connectivity index (χ1) is 10.5. The molecule has 0 N–H and O–H groups in total. The molecule has 3 rings (SSSR count). The van der Waals surface area contributed by atoms with E-state index in [-0.39, 0.29) is 23.6 Å². The zero-order chi connectivity index (χ0) is 15.9. The molecule has 0 unspecified atom stereocenters. The fourth-order valence-corrected chi connectivity index (χ4v) is 3.26.